The number of nitrogens with zero attached hydrogens (tertiary/aromatic N) is 2. The Morgan fingerprint density at radius 1 is 1.12 bits per heavy atom. The number of halogens is 2. The highest BCUT2D eigenvalue weighted by atomic mass is 19.1. The molecule has 1 saturated heterocycles. The van der Waals surface area contributed by atoms with E-state index in [1.165, 1.54) is 13.3 Å². The second kappa shape index (κ2) is 11.4. The van der Waals surface area contributed by atoms with Crippen LogP contribution in [-0.2, 0) is 17.8 Å². The van der Waals surface area contributed by atoms with Crippen molar-refractivity contribution in [1.82, 2.24) is 9.88 Å². The van der Waals surface area contributed by atoms with Crippen LogP contribution in [0.3, 0.4) is 0 Å². The Kier molecular flexibility index (Phi) is 7.68. The topological polar surface area (TPSA) is 71.9 Å². The van der Waals surface area contributed by atoms with Crippen LogP contribution in [0.4, 0.5) is 8.78 Å². The van der Waals surface area contributed by atoms with Crippen LogP contribution in [0.2, 0.25) is 0 Å². The van der Waals surface area contributed by atoms with Crippen LogP contribution in [0.15, 0.2) is 42.6 Å². The number of pyridine rings is 1. The first-order chi connectivity index (χ1) is 19.8. The number of likely N-dealkylation sites (tertiary alicyclic amines) is 1. The summed E-state index contributed by atoms with van der Waals surface area (Å²) in [6.45, 7) is 4.32. The number of carboxylic acid groups (broad SMARTS) is 1. The van der Waals surface area contributed by atoms with Crippen molar-refractivity contribution in [2.24, 2.45) is 11.8 Å². The number of methoxy groups -OCH3 is 1. The van der Waals surface area contributed by atoms with E-state index in [0.717, 1.165) is 61.0 Å². The highest BCUT2D eigenvalue weighted by Gasteiger charge is 2.41. The summed E-state index contributed by atoms with van der Waals surface area (Å²) in [5.74, 6) is -2.05. The van der Waals surface area contributed by atoms with Crippen molar-refractivity contribution >= 4 is 5.97 Å². The van der Waals surface area contributed by atoms with Gasteiger partial charge in [0.25, 0.3) is 0 Å². The standard InChI is InChI=1S/C33H36F2N2O4/c1-19(33(38)39)30(20-5-6-20)25-11-7-21-9-12-28(41-32(21)31(25)35)22-8-10-24(23(15-22)18-37-13-3-4-14-37)26-16-29(40-2)36-17-27(26)34/h7-8,10-11,15-17,19-20,28,30H,3-6,9,12-14,18H2,1-2H3,(H,38,39)/t19-,28?,30?/m0/s1. The monoisotopic (exact) mass is 562 g/mol. The van der Waals surface area contributed by atoms with Gasteiger partial charge in [-0.15, -0.1) is 0 Å². The highest BCUT2D eigenvalue weighted by Crippen LogP contribution is 2.50. The summed E-state index contributed by atoms with van der Waals surface area (Å²) in [6.07, 6.45) is 6.26. The third-order valence-corrected chi connectivity index (χ3v) is 8.98. The van der Waals surface area contributed by atoms with Crippen molar-refractivity contribution in [2.75, 3.05) is 20.2 Å². The molecule has 8 heteroatoms. The van der Waals surface area contributed by atoms with Gasteiger partial charge in [-0.1, -0.05) is 37.3 Å². The van der Waals surface area contributed by atoms with E-state index in [2.05, 4.69) is 16.0 Å². The number of aryl methyl sites for hydroxylation is 1. The molecule has 3 aliphatic rings. The van der Waals surface area contributed by atoms with Gasteiger partial charge in [-0.05, 0) is 85.3 Å². The zero-order chi connectivity index (χ0) is 28.7. The van der Waals surface area contributed by atoms with Gasteiger partial charge in [-0.25, -0.2) is 13.8 Å². The number of rotatable bonds is 9. The molecule has 3 heterocycles. The molecule has 3 aromatic rings. The van der Waals surface area contributed by atoms with Crippen molar-refractivity contribution in [3.63, 3.8) is 0 Å². The molecule has 1 N–H and O–H groups in total. The smallest absolute Gasteiger partial charge is 0.306 e. The van der Waals surface area contributed by atoms with E-state index in [-0.39, 0.29) is 23.7 Å². The predicted octanol–water partition coefficient (Wildman–Crippen LogP) is 6.91. The van der Waals surface area contributed by atoms with Gasteiger partial charge in [0.2, 0.25) is 5.88 Å². The number of aromatic nitrogens is 1. The molecule has 2 unspecified atom stereocenters. The predicted molar refractivity (Wildman–Crippen MR) is 151 cm³/mol. The number of hydrogen-bond donors (Lipinski definition) is 1. The number of carboxylic acids is 1. The van der Waals surface area contributed by atoms with E-state index in [1.54, 1.807) is 19.1 Å². The zero-order valence-electron chi connectivity index (χ0n) is 23.5. The van der Waals surface area contributed by atoms with Crippen molar-refractivity contribution in [3.8, 4) is 22.8 Å². The van der Waals surface area contributed by atoms with Gasteiger partial charge in [-0.3, -0.25) is 9.69 Å². The molecule has 2 aliphatic heterocycles. The Morgan fingerprint density at radius 2 is 1.90 bits per heavy atom. The third-order valence-electron chi connectivity index (χ3n) is 8.98. The van der Waals surface area contributed by atoms with E-state index in [0.29, 0.717) is 36.4 Å². The zero-order valence-corrected chi connectivity index (χ0v) is 23.5. The van der Waals surface area contributed by atoms with E-state index < -0.39 is 23.5 Å². The summed E-state index contributed by atoms with van der Waals surface area (Å²) in [5.41, 5.74) is 4.34. The average Bonchev–Trinajstić information content (AvgIpc) is 3.68. The summed E-state index contributed by atoms with van der Waals surface area (Å²) < 4.78 is 42.7. The minimum atomic E-state index is -0.910. The van der Waals surface area contributed by atoms with Crippen LogP contribution in [0, 0.1) is 23.5 Å². The summed E-state index contributed by atoms with van der Waals surface area (Å²) in [4.78, 5) is 18.2. The number of ether oxygens (including phenoxy) is 2. The fourth-order valence-electron chi connectivity index (χ4n) is 6.58. The maximum atomic E-state index is 16.1. The summed E-state index contributed by atoms with van der Waals surface area (Å²) in [6, 6.07) is 11.2. The van der Waals surface area contributed by atoms with E-state index in [4.69, 9.17) is 9.47 Å². The minimum Gasteiger partial charge on any atom is -0.482 e. The second-order valence-electron chi connectivity index (χ2n) is 11.7. The second-order valence-corrected chi connectivity index (χ2v) is 11.7. The molecule has 2 aromatic carbocycles. The van der Waals surface area contributed by atoms with Crippen LogP contribution in [-0.4, -0.2) is 41.2 Å². The first kappa shape index (κ1) is 27.6. The van der Waals surface area contributed by atoms with E-state index in [1.807, 2.05) is 18.2 Å². The van der Waals surface area contributed by atoms with Gasteiger partial charge >= 0.3 is 5.97 Å². The number of aliphatic carboxylic acids is 1. The SMILES string of the molecule is COc1cc(-c2ccc(C3CCc4ccc(C(C5CC5)[C@H](C)C(=O)O)c(F)c4O3)cc2CN2CCCC2)c(F)cn1. The molecular weight excluding hydrogens is 526 g/mol. The first-order valence-electron chi connectivity index (χ1n) is 14.6. The normalized spacial score (nSPS) is 20.2. The quantitative estimate of drug-likeness (QED) is 0.306. The summed E-state index contributed by atoms with van der Waals surface area (Å²) >= 11 is 0. The fraction of sp³-hybridized carbons (Fsp3) is 0.455. The van der Waals surface area contributed by atoms with Gasteiger partial charge < -0.3 is 14.6 Å². The Morgan fingerprint density at radius 3 is 2.61 bits per heavy atom. The fourth-order valence-corrected chi connectivity index (χ4v) is 6.58. The molecule has 41 heavy (non-hydrogen) atoms. The molecule has 0 bridgehead atoms. The maximum Gasteiger partial charge on any atom is 0.306 e. The molecule has 6 nitrogen and oxygen atoms in total. The Hall–Kier alpha value is -3.52. The lowest BCUT2D eigenvalue weighted by atomic mass is 9.82. The van der Waals surface area contributed by atoms with Crippen LogP contribution in [0.5, 0.6) is 11.6 Å². The minimum absolute atomic E-state index is 0.181. The molecule has 6 rings (SSSR count). The molecule has 216 valence electrons. The Balaban J connectivity index is 1.34. The van der Waals surface area contributed by atoms with Crippen molar-refractivity contribution in [3.05, 3.63) is 76.5 Å². The number of carbonyl (C=O) groups is 1. The molecule has 2 fully saturated rings. The number of fused-ring (bicyclic) bond motifs is 1. The van der Waals surface area contributed by atoms with Crippen molar-refractivity contribution in [1.29, 1.82) is 0 Å². The number of benzene rings is 2. The van der Waals surface area contributed by atoms with Crippen molar-refractivity contribution in [2.45, 2.75) is 64.0 Å². The lowest BCUT2D eigenvalue weighted by Crippen LogP contribution is -2.23. The molecule has 3 atom stereocenters. The molecule has 1 aliphatic carbocycles. The lowest BCUT2D eigenvalue weighted by molar-refractivity contribution is -0.142. The summed E-state index contributed by atoms with van der Waals surface area (Å²) in [7, 11) is 1.51. The highest BCUT2D eigenvalue weighted by molar-refractivity contribution is 5.71. The third kappa shape index (κ3) is 5.54. The first-order valence-corrected chi connectivity index (χ1v) is 14.6. The van der Waals surface area contributed by atoms with Gasteiger partial charge in [0, 0.05) is 24.1 Å². The average molecular weight is 563 g/mol. The Bertz CT molecular complexity index is 1450. The lowest BCUT2D eigenvalue weighted by Gasteiger charge is -2.30. The van der Waals surface area contributed by atoms with Crippen LogP contribution < -0.4 is 9.47 Å². The van der Waals surface area contributed by atoms with E-state index >= 15 is 4.39 Å². The largest absolute Gasteiger partial charge is 0.482 e. The summed E-state index contributed by atoms with van der Waals surface area (Å²) in [5, 5.41) is 9.70. The van der Waals surface area contributed by atoms with Gasteiger partial charge in [0.05, 0.1) is 19.2 Å². The van der Waals surface area contributed by atoms with Crippen LogP contribution in [0.25, 0.3) is 11.1 Å². The molecular formula is C33H36F2N2O4. The molecule has 1 saturated carbocycles. The number of hydrogen-bond acceptors (Lipinski definition) is 5. The van der Waals surface area contributed by atoms with Crippen LogP contribution in [0.1, 0.15) is 73.3 Å². The maximum absolute atomic E-state index is 16.1. The van der Waals surface area contributed by atoms with Gasteiger partial charge in [0.1, 0.15) is 11.9 Å². The van der Waals surface area contributed by atoms with E-state index in [9.17, 15) is 14.3 Å². The molecule has 0 amide bonds. The van der Waals surface area contributed by atoms with Crippen LogP contribution >= 0.6 is 0 Å². The molecule has 0 radical (unpaired) electrons. The van der Waals surface area contributed by atoms with Gasteiger partial charge in [0.15, 0.2) is 11.6 Å². The van der Waals surface area contributed by atoms with Gasteiger partial charge in [-0.2, -0.15) is 0 Å². The molecule has 1 aromatic heterocycles. The Labute approximate surface area is 239 Å². The molecule has 0 spiro atoms. The van der Waals surface area contributed by atoms with Crippen molar-refractivity contribution < 1.29 is 28.2 Å².